The maximum absolute atomic E-state index is 13.1. The van der Waals surface area contributed by atoms with Crippen molar-refractivity contribution in [3.8, 4) is 0 Å². The van der Waals surface area contributed by atoms with Crippen molar-refractivity contribution in [3.05, 3.63) is 0 Å². The van der Waals surface area contributed by atoms with Crippen molar-refractivity contribution in [2.75, 3.05) is 39.6 Å². The zero-order valence-electron chi connectivity index (χ0n) is 62.5. The maximum atomic E-state index is 13.1. The molecule has 0 aromatic heterocycles. The van der Waals surface area contributed by atoms with Crippen molar-refractivity contribution < 1.29 is 80.2 Å². The molecule has 5 atom stereocenters. The van der Waals surface area contributed by atoms with Crippen LogP contribution < -0.4 is 0 Å². The highest BCUT2D eigenvalue weighted by Crippen LogP contribution is 2.45. The summed E-state index contributed by atoms with van der Waals surface area (Å²) in [7, 11) is -9.91. The van der Waals surface area contributed by atoms with Crippen LogP contribution in [-0.2, 0) is 65.4 Å². The first-order valence-electron chi connectivity index (χ1n) is 40.1. The van der Waals surface area contributed by atoms with E-state index in [1.54, 1.807) is 0 Å². The van der Waals surface area contributed by atoms with Crippen LogP contribution >= 0.6 is 15.6 Å². The molecule has 0 aromatic carbocycles. The zero-order chi connectivity index (χ0) is 70.5. The van der Waals surface area contributed by atoms with Crippen molar-refractivity contribution in [2.45, 2.75) is 425 Å². The van der Waals surface area contributed by atoms with Gasteiger partial charge in [0.25, 0.3) is 0 Å². The zero-order valence-corrected chi connectivity index (χ0v) is 64.3. The fourth-order valence-corrected chi connectivity index (χ4v) is 13.5. The molecule has 570 valence electrons. The van der Waals surface area contributed by atoms with Crippen molar-refractivity contribution in [1.29, 1.82) is 0 Å². The van der Waals surface area contributed by atoms with Crippen LogP contribution in [0.3, 0.4) is 0 Å². The van der Waals surface area contributed by atoms with Crippen LogP contribution in [0.4, 0.5) is 0 Å². The first-order valence-corrected chi connectivity index (χ1v) is 43.1. The predicted molar refractivity (Wildman–Crippen MR) is 391 cm³/mol. The number of aliphatic hydroxyl groups is 1. The minimum Gasteiger partial charge on any atom is -0.462 e. The fraction of sp³-hybridized carbons (Fsp3) is 0.948. The van der Waals surface area contributed by atoms with Crippen LogP contribution in [0.1, 0.15) is 407 Å². The summed E-state index contributed by atoms with van der Waals surface area (Å²) < 4.78 is 68.5. The van der Waals surface area contributed by atoms with Crippen LogP contribution in [-0.4, -0.2) is 96.7 Å². The third-order valence-electron chi connectivity index (χ3n) is 18.0. The topological polar surface area (TPSA) is 237 Å². The van der Waals surface area contributed by atoms with Gasteiger partial charge in [-0.25, -0.2) is 9.13 Å². The van der Waals surface area contributed by atoms with E-state index in [4.69, 9.17) is 37.0 Å². The van der Waals surface area contributed by atoms with Gasteiger partial charge in [0.1, 0.15) is 19.3 Å². The number of aliphatic hydroxyl groups excluding tert-OH is 1. The highest BCUT2D eigenvalue weighted by Gasteiger charge is 2.30. The Morgan fingerprint density at radius 1 is 0.281 bits per heavy atom. The van der Waals surface area contributed by atoms with Gasteiger partial charge in [0, 0.05) is 25.7 Å². The Morgan fingerprint density at radius 3 is 0.708 bits per heavy atom. The van der Waals surface area contributed by atoms with E-state index in [9.17, 15) is 43.2 Å². The Labute approximate surface area is 588 Å². The lowest BCUT2D eigenvalue weighted by Gasteiger charge is -2.21. The highest BCUT2D eigenvalue weighted by atomic mass is 31.2. The number of esters is 4. The van der Waals surface area contributed by atoms with Crippen molar-refractivity contribution in [1.82, 2.24) is 0 Å². The molecule has 0 spiro atoms. The Kier molecular flexibility index (Phi) is 68.7. The predicted octanol–water partition coefficient (Wildman–Crippen LogP) is 22.9. The summed E-state index contributed by atoms with van der Waals surface area (Å²) in [5.41, 5.74) is 0. The van der Waals surface area contributed by atoms with Crippen LogP contribution in [0.25, 0.3) is 0 Å². The molecular formula is C77H150O17P2. The minimum absolute atomic E-state index is 0.107. The largest absolute Gasteiger partial charge is 0.472 e. The summed E-state index contributed by atoms with van der Waals surface area (Å²) in [5.74, 6) is -1.34. The van der Waals surface area contributed by atoms with Crippen LogP contribution in [0.2, 0.25) is 0 Å². The van der Waals surface area contributed by atoms with E-state index in [2.05, 4.69) is 34.6 Å². The van der Waals surface area contributed by atoms with E-state index >= 15 is 0 Å². The molecule has 0 aliphatic carbocycles. The fourth-order valence-electron chi connectivity index (χ4n) is 11.9. The number of phosphoric ester groups is 2. The Hall–Kier alpha value is -1.94. The van der Waals surface area contributed by atoms with E-state index in [0.29, 0.717) is 25.7 Å². The second-order valence-corrected chi connectivity index (χ2v) is 31.1. The van der Waals surface area contributed by atoms with Crippen LogP contribution in [0.5, 0.6) is 0 Å². The summed E-state index contributed by atoms with van der Waals surface area (Å²) in [6.45, 7) is 7.27. The molecule has 0 saturated heterocycles. The minimum atomic E-state index is -4.96. The van der Waals surface area contributed by atoms with Gasteiger partial charge >= 0.3 is 39.5 Å². The lowest BCUT2D eigenvalue weighted by molar-refractivity contribution is -0.161. The highest BCUT2D eigenvalue weighted by molar-refractivity contribution is 7.47. The number of unbranched alkanes of at least 4 members (excludes halogenated alkanes) is 49. The molecule has 0 fully saturated rings. The van der Waals surface area contributed by atoms with E-state index < -0.39 is 97.5 Å². The summed E-state index contributed by atoms with van der Waals surface area (Å²) in [6, 6.07) is 0. The molecule has 0 amide bonds. The van der Waals surface area contributed by atoms with Crippen LogP contribution in [0.15, 0.2) is 0 Å². The Bertz CT molecular complexity index is 1840. The number of ether oxygens (including phenoxy) is 4. The van der Waals surface area contributed by atoms with Gasteiger partial charge in [-0.2, -0.15) is 0 Å². The molecule has 0 aliphatic heterocycles. The van der Waals surface area contributed by atoms with Gasteiger partial charge in [-0.3, -0.25) is 37.3 Å². The summed E-state index contributed by atoms with van der Waals surface area (Å²) in [5, 5.41) is 10.6. The molecule has 96 heavy (non-hydrogen) atoms. The van der Waals surface area contributed by atoms with Gasteiger partial charge in [-0.1, -0.05) is 356 Å². The number of hydrogen-bond acceptors (Lipinski definition) is 15. The first kappa shape index (κ1) is 94.1. The smallest absolute Gasteiger partial charge is 0.462 e. The molecule has 0 heterocycles. The van der Waals surface area contributed by atoms with E-state index in [-0.39, 0.29) is 25.7 Å². The second-order valence-electron chi connectivity index (χ2n) is 28.2. The lowest BCUT2D eigenvalue weighted by Crippen LogP contribution is -2.30. The molecule has 0 rings (SSSR count). The molecule has 17 nitrogen and oxygen atoms in total. The van der Waals surface area contributed by atoms with Crippen molar-refractivity contribution >= 4 is 39.5 Å². The van der Waals surface area contributed by atoms with Gasteiger partial charge in [0.2, 0.25) is 0 Å². The van der Waals surface area contributed by atoms with Gasteiger partial charge < -0.3 is 33.8 Å². The Balaban J connectivity index is 5.16. The summed E-state index contributed by atoms with van der Waals surface area (Å²) in [6.07, 6.45) is 59.8. The number of carbonyl (C=O) groups excluding carboxylic acids is 4. The molecule has 0 bridgehead atoms. The number of rotatable bonds is 77. The molecular weight excluding hydrogens is 1260 g/mol. The summed E-state index contributed by atoms with van der Waals surface area (Å²) in [4.78, 5) is 72.7. The number of phosphoric acid groups is 2. The second kappa shape index (κ2) is 70.1. The summed E-state index contributed by atoms with van der Waals surface area (Å²) >= 11 is 0. The third-order valence-corrected chi connectivity index (χ3v) is 19.9. The number of carbonyl (C=O) groups is 4. The molecule has 2 unspecified atom stereocenters. The van der Waals surface area contributed by atoms with E-state index in [1.165, 1.54) is 225 Å². The molecule has 0 radical (unpaired) electrons. The monoisotopic (exact) mass is 1410 g/mol. The average molecular weight is 1410 g/mol. The van der Waals surface area contributed by atoms with Gasteiger partial charge in [0.15, 0.2) is 12.2 Å². The SMILES string of the molecule is CCCCCCCCCCCCCCCCCCCCCCCCC(=O)O[C@H](COC(=O)CCCCCCCCCCCCCC(C)C)COP(=O)(O)OC[C@@H](O)COP(=O)(O)OC[C@@H](COC(=O)CCCCCCCCCC)OC(=O)CCCCCCCCCCCCCC. The van der Waals surface area contributed by atoms with Gasteiger partial charge in [-0.05, 0) is 31.6 Å². The Morgan fingerprint density at radius 2 is 0.479 bits per heavy atom. The van der Waals surface area contributed by atoms with E-state index in [1.807, 2.05) is 0 Å². The van der Waals surface area contributed by atoms with E-state index in [0.717, 1.165) is 102 Å². The lowest BCUT2D eigenvalue weighted by atomic mass is 10.0. The van der Waals surface area contributed by atoms with Gasteiger partial charge in [0.05, 0.1) is 26.4 Å². The van der Waals surface area contributed by atoms with Crippen molar-refractivity contribution in [3.63, 3.8) is 0 Å². The maximum Gasteiger partial charge on any atom is 0.472 e. The standard InChI is InChI=1S/C77H150O17P2/c1-6-9-12-15-18-21-23-25-26-27-28-29-30-31-32-33-34-38-43-48-53-58-63-77(82)94-73(67-88-75(80)61-56-51-46-41-39-35-36-40-44-49-54-59-70(4)5)69-92-96(85,86)90-65-71(78)64-89-95(83,84)91-68-72(66-87-74(79)60-55-50-45-20-17-14-11-8-3)93-76(81)62-57-52-47-42-37-24-22-19-16-13-10-7-2/h70-73,78H,6-69H2,1-5H3,(H,83,84)(H,85,86)/t71-,72+,73+/m0/s1. The quantitative estimate of drug-likeness (QED) is 0.0222. The average Bonchev–Trinajstić information content (AvgIpc) is 1.46. The molecule has 0 saturated carbocycles. The van der Waals surface area contributed by atoms with Crippen LogP contribution in [0, 0.1) is 5.92 Å². The third kappa shape index (κ3) is 70.5. The first-order chi connectivity index (χ1) is 46.5. The number of hydrogen-bond donors (Lipinski definition) is 3. The van der Waals surface area contributed by atoms with Gasteiger partial charge in [-0.15, -0.1) is 0 Å². The molecule has 3 N–H and O–H groups in total. The molecule has 0 aromatic rings. The molecule has 0 aliphatic rings. The normalized spacial score (nSPS) is 13.9. The molecule has 19 heteroatoms. The van der Waals surface area contributed by atoms with Crippen molar-refractivity contribution in [2.24, 2.45) is 5.92 Å².